The summed E-state index contributed by atoms with van der Waals surface area (Å²) in [7, 11) is 2.01. The molecular formula is C14H20N6. The number of rotatable bonds is 5. The number of hydrogen-bond acceptors (Lipinski definition) is 5. The van der Waals surface area contributed by atoms with Gasteiger partial charge in [-0.05, 0) is 55.0 Å². The summed E-state index contributed by atoms with van der Waals surface area (Å²) in [5.74, 6) is 1.64. The van der Waals surface area contributed by atoms with Crippen LogP contribution in [0.3, 0.4) is 0 Å². The molecule has 1 unspecified atom stereocenters. The molecule has 3 rings (SSSR count). The molecule has 2 aromatic rings. The lowest BCUT2D eigenvalue weighted by molar-refractivity contribution is 0.304. The minimum Gasteiger partial charge on any atom is -0.319 e. The molecule has 106 valence electrons. The zero-order valence-corrected chi connectivity index (χ0v) is 11.7. The summed E-state index contributed by atoms with van der Waals surface area (Å²) >= 11 is 0. The van der Waals surface area contributed by atoms with Crippen molar-refractivity contribution in [3.8, 4) is 5.69 Å². The third-order valence-corrected chi connectivity index (χ3v) is 3.76. The van der Waals surface area contributed by atoms with Gasteiger partial charge in [0.05, 0.1) is 12.2 Å². The fourth-order valence-electron chi connectivity index (χ4n) is 2.79. The van der Waals surface area contributed by atoms with Crippen molar-refractivity contribution in [1.29, 1.82) is 0 Å². The highest BCUT2D eigenvalue weighted by atomic mass is 15.5. The fourth-order valence-corrected chi connectivity index (χ4v) is 2.79. The van der Waals surface area contributed by atoms with Crippen LogP contribution in [0.1, 0.15) is 12.2 Å². The summed E-state index contributed by atoms with van der Waals surface area (Å²) in [4.78, 5) is 2.42. The molecule has 6 nitrogen and oxygen atoms in total. The van der Waals surface area contributed by atoms with E-state index >= 15 is 0 Å². The molecule has 1 fully saturated rings. The molecular weight excluding hydrogens is 252 g/mol. The normalized spacial score (nSPS) is 19.6. The number of aromatic nitrogens is 4. The summed E-state index contributed by atoms with van der Waals surface area (Å²) in [6.45, 7) is 4.12. The summed E-state index contributed by atoms with van der Waals surface area (Å²) in [6.07, 6.45) is 1.24. The van der Waals surface area contributed by atoms with E-state index in [0.717, 1.165) is 43.6 Å². The first-order valence-electron chi connectivity index (χ1n) is 7.06. The van der Waals surface area contributed by atoms with Crippen LogP contribution in [0.4, 0.5) is 0 Å². The van der Waals surface area contributed by atoms with Gasteiger partial charge in [-0.3, -0.25) is 4.90 Å². The first-order chi connectivity index (χ1) is 9.86. The molecule has 6 heteroatoms. The smallest absolute Gasteiger partial charge is 0.170 e. The Balaban J connectivity index is 1.69. The third kappa shape index (κ3) is 2.86. The van der Waals surface area contributed by atoms with E-state index in [2.05, 4.69) is 25.7 Å². The molecule has 1 N–H and O–H groups in total. The van der Waals surface area contributed by atoms with E-state index in [1.807, 2.05) is 42.1 Å². The molecule has 1 aromatic carbocycles. The van der Waals surface area contributed by atoms with Crippen molar-refractivity contribution in [2.45, 2.75) is 13.0 Å². The second-order valence-electron chi connectivity index (χ2n) is 5.29. The molecule has 1 aliphatic rings. The highest BCUT2D eigenvalue weighted by Gasteiger charge is 2.23. The van der Waals surface area contributed by atoms with Gasteiger partial charge in [-0.15, -0.1) is 5.10 Å². The molecule has 0 amide bonds. The Morgan fingerprint density at radius 2 is 2.15 bits per heavy atom. The van der Waals surface area contributed by atoms with E-state index in [1.165, 1.54) is 6.42 Å². The lowest BCUT2D eigenvalue weighted by Crippen LogP contribution is -2.25. The summed E-state index contributed by atoms with van der Waals surface area (Å²) in [5, 5.41) is 15.3. The van der Waals surface area contributed by atoms with Gasteiger partial charge in [-0.2, -0.15) is 4.68 Å². The Kier molecular flexibility index (Phi) is 4.03. The molecule has 1 aromatic heterocycles. The van der Waals surface area contributed by atoms with Gasteiger partial charge in [-0.25, -0.2) is 0 Å². The average molecular weight is 272 g/mol. The topological polar surface area (TPSA) is 58.9 Å². The molecule has 2 heterocycles. The number of nitrogens with zero attached hydrogens (tertiary/aromatic N) is 5. The van der Waals surface area contributed by atoms with Crippen LogP contribution in [0.15, 0.2) is 30.3 Å². The van der Waals surface area contributed by atoms with Crippen molar-refractivity contribution in [2.24, 2.45) is 5.92 Å². The quantitative estimate of drug-likeness (QED) is 0.868. The van der Waals surface area contributed by atoms with Crippen molar-refractivity contribution < 1.29 is 0 Å². The number of nitrogens with one attached hydrogen (secondary N) is 1. The van der Waals surface area contributed by atoms with Crippen LogP contribution in [-0.4, -0.2) is 51.8 Å². The van der Waals surface area contributed by atoms with Crippen molar-refractivity contribution in [1.82, 2.24) is 30.4 Å². The summed E-state index contributed by atoms with van der Waals surface area (Å²) in [6, 6.07) is 10.0. The Hall–Kier alpha value is -1.79. The minimum absolute atomic E-state index is 0.737. The third-order valence-electron chi connectivity index (χ3n) is 3.76. The van der Waals surface area contributed by atoms with Crippen LogP contribution < -0.4 is 5.32 Å². The van der Waals surface area contributed by atoms with Gasteiger partial charge in [0.15, 0.2) is 5.82 Å². The lowest BCUT2D eigenvalue weighted by atomic mass is 10.1. The first-order valence-corrected chi connectivity index (χ1v) is 7.06. The molecule has 0 saturated carbocycles. The SMILES string of the molecule is CNCC1CCN(Cc2nnnn2-c2ccccc2)C1. The number of likely N-dealkylation sites (tertiary alicyclic amines) is 1. The van der Waals surface area contributed by atoms with Gasteiger partial charge in [0.25, 0.3) is 0 Å². The van der Waals surface area contributed by atoms with Gasteiger partial charge in [0.1, 0.15) is 0 Å². The Morgan fingerprint density at radius 1 is 1.30 bits per heavy atom. The van der Waals surface area contributed by atoms with Crippen LogP contribution >= 0.6 is 0 Å². The van der Waals surface area contributed by atoms with Crippen LogP contribution in [0.2, 0.25) is 0 Å². The number of hydrogen-bond donors (Lipinski definition) is 1. The minimum atomic E-state index is 0.737. The molecule has 1 saturated heterocycles. The van der Waals surface area contributed by atoms with Crippen LogP contribution in [0, 0.1) is 5.92 Å². The van der Waals surface area contributed by atoms with Crippen molar-refractivity contribution >= 4 is 0 Å². The Morgan fingerprint density at radius 3 is 2.95 bits per heavy atom. The highest BCUT2D eigenvalue weighted by Crippen LogP contribution is 2.18. The maximum absolute atomic E-state index is 4.17. The van der Waals surface area contributed by atoms with Crippen LogP contribution in [-0.2, 0) is 6.54 Å². The standard InChI is InChI=1S/C14H20N6/c1-15-9-12-7-8-19(10-12)11-14-16-17-18-20(14)13-5-3-2-4-6-13/h2-6,12,15H,7-11H2,1H3. The lowest BCUT2D eigenvalue weighted by Gasteiger charge is -2.15. The van der Waals surface area contributed by atoms with E-state index in [-0.39, 0.29) is 0 Å². The van der Waals surface area contributed by atoms with E-state index < -0.39 is 0 Å². The number of tetrazole rings is 1. The first kappa shape index (κ1) is 13.2. The molecule has 0 radical (unpaired) electrons. The highest BCUT2D eigenvalue weighted by molar-refractivity contribution is 5.30. The van der Waals surface area contributed by atoms with Gasteiger partial charge in [-0.1, -0.05) is 18.2 Å². The molecule has 0 bridgehead atoms. The van der Waals surface area contributed by atoms with E-state index in [4.69, 9.17) is 0 Å². The predicted molar refractivity (Wildman–Crippen MR) is 76.5 cm³/mol. The van der Waals surface area contributed by atoms with Gasteiger partial charge < -0.3 is 5.32 Å². The second kappa shape index (κ2) is 6.11. The van der Waals surface area contributed by atoms with Crippen LogP contribution in [0.5, 0.6) is 0 Å². The number of para-hydroxylation sites is 1. The molecule has 1 atom stereocenters. The maximum atomic E-state index is 4.17. The van der Waals surface area contributed by atoms with Crippen LogP contribution in [0.25, 0.3) is 5.69 Å². The predicted octanol–water partition coefficient (Wildman–Crippen LogP) is 0.704. The largest absolute Gasteiger partial charge is 0.319 e. The van der Waals surface area contributed by atoms with Crippen molar-refractivity contribution in [3.05, 3.63) is 36.2 Å². The molecule has 20 heavy (non-hydrogen) atoms. The Labute approximate surface area is 118 Å². The average Bonchev–Trinajstić information content (AvgIpc) is 3.10. The molecule has 0 spiro atoms. The van der Waals surface area contributed by atoms with E-state index in [0.29, 0.717) is 0 Å². The van der Waals surface area contributed by atoms with Gasteiger partial charge in [0, 0.05) is 6.54 Å². The molecule has 1 aliphatic heterocycles. The fraction of sp³-hybridized carbons (Fsp3) is 0.500. The second-order valence-corrected chi connectivity index (χ2v) is 5.29. The van der Waals surface area contributed by atoms with Gasteiger partial charge >= 0.3 is 0 Å². The van der Waals surface area contributed by atoms with Gasteiger partial charge in [0.2, 0.25) is 0 Å². The number of benzene rings is 1. The monoisotopic (exact) mass is 272 g/mol. The molecule has 0 aliphatic carbocycles. The van der Waals surface area contributed by atoms with E-state index in [1.54, 1.807) is 0 Å². The Bertz CT molecular complexity index is 538. The van der Waals surface area contributed by atoms with Crippen molar-refractivity contribution in [2.75, 3.05) is 26.7 Å². The van der Waals surface area contributed by atoms with E-state index in [9.17, 15) is 0 Å². The van der Waals surface area contributed by atoms with Crippen molar-refractivity contribution in [3.63, 3.8) is 0 Å². The summed E-state index contributed by atoms with van der Waals surface area (Å²) < 4.78 is 1.82. The zero-order chi connectivity index (χ0) is 13.8. The maximum Gasteiger partial charge on any atom is 0.170 e. The summed E-state index contributed by atoms with van der Waals surface area (Å²) in [5.41, 5.74) is 1.01. The zero-order valence-electron chi connectivity index (χ0n) is 11.7.